The Bertz CT molecular complexity index is 1050. The van der Waals surface area contributed by atoms with E-state index in [0.717, 1.165) is 16.9 Å². The van der Waals surface area contributed by atoms with Gasteiger partial charge in [-0.1, -0.05) is 24.3 Å². The minimum atomic E-state index is -0.525. The molecule has 1 aromatic heterocycles. The number of hydrogen-bond acceptors (Lipinski definition) is 7. The molecule has 0 radical (unpaired) electrons. The average Bonchev–Trinajstić information content (AvgIpc) is 2.77. The van der Waals surface area contributed by atoms with Crippen molar-refractivity contribution < 1.29 is 14.5 Å². The van der Waals surface area contributed by atoms with Gasteiger partial charge >= 0.3 is 5.69 Å². The number of fused-ring (bicyclic) bond motifs is 1. The van der Waals surface area contributed by atoms with Gasteiger partial charge in [0.05, 0.1) is 22.2 Å². The molecule has 3 aromatic rings. The van der Waals surface area contributed by atoms with Crippen molar-refractivity contribution in [3.05, 3.63) is 64.8 Å². The maximum Gasteiger partial charge on any atom is 0.310 e. The molecule has 0 N–H and O–H groups in total. The van der Waals surface area contributed by atoms with Crippen LogP contribution >= 0.6 is 0 Å². The number of benzene rings is 2. The molecule has 148 valence electrons. The van der Waals surface area contributed by atoms with Crippen LogP contribution in [0.2, 0.25) is 0 Å². The first-order valence-electron chi connectivity index (χ1n) is 9.22. The van der Waals surface area contributed by atoms with Crippen molar-refractivity contribution in [1.29, 1.82) is 0 Å². The van der Waals surface area contributed by atoms with Crippen molar-refractivity contribution in [3.8, 4) is 5.75 Å². The summed E-state index contributed by atoms with van der Waals surface area (Å²) < 4.78 is 5.40. The lowest BCUT2D eigenvalue weighted by Gasteiger charge is -2.35. The summed E-state index contributed by atoms with van der Waals surface area (Å²) in [6, 6.07) is 13.7. The second-order valence-corrected chi connectivity index (χ2v) is 6.60. The van der Waals surface area contributed by atoms with Gasteiger partial charge in [-0.05, 0) is 18.2 Å². The highest BCUT2D eigenvalue weighted by Crippen LogP contribution is 2.25. The van der Waals surface area contributed by atoms with E-state index in [9.17, 15) is 14.9 Å². The second-order valence-electron chi connectivity index (χ2n) is 6.60. The minimum absolute atomic E-state index is 0.0934. The Labute approximate surface area is 166 Å². The van der Waals surface area contributed by atoms with Gasteiger partial charge in [0.25, 0.3) is 5.91 Å². The summed E-state index contributed by atoms with van der Waals surface area (Å²) in [6.07, 6.45) is 1.75. The molecule has 1 fully saturated rings. The van der Waals surface area contributed by atoms with Crippen LogP contribution in [-0.2, 0) is 4.79 Å². The predicted octanol–water partition coefficient (Wildman–Crippen LogP) is 2.27. The quantitative estimate of drug-likeness (QED) is 0.484. The lowest BCUT2D eigenvalue weighted by Crippen LogP contribution is -2.50. The van der Waals surface area contributed by atoms with E-state index in [1.165, 1.54) is 12.1 Å². The molecule has 9 heteroatoms. The number of ether oxygens (including phenoxy) is 1. The average molecular weight is 393 g/mol. The fraction of sp³-hybridized carbons (Fsp3) is 0.250. The number of nitro benzene ring substituents is 1. The van der Waals surface area contributed by atoms with Crippen LogP contribution in [0, 0.1) is 10.1 Å². The number of hydrogen-bond donors (Lipinski definition) is 0. The van der Waals surface area contributed by atoms with Crippen LogP contribution in [-0.4, -0.2) is 58.5 Å². The van der Waals surface area contributed by atoms with Crippen molar-refractivity contribution in [2.75, 3.05) is 37.7 Å². The SMILES string of the molecule is O=C(COc1ccccc1[N+](=O)[O-])N1CCN(c2cnc3ccccc3n2)CC1. The Hall–Kier alpha value is -3.75. The topological polar surface area (TPSA) is 102 Å². The smallest absolute Gasteiger partial charge is 0.310 e. The Balaban J connectivity index is 1.34. The molecule has 2 heterocycles. The number of carbonyl (C=O) groups is 1. The molecule has 0 spiro atoms. The fourth-order valence-electron chi connectivity index (χ4n) is 3.25. The zero-order valence-electron chi connectivity index (χ0n) is 15.6. The molecule has 4 rings (SSSR count). The van der Waals surface area contributed by atoms with Gasteiger partial charge in [0.1, 0.15) is 5.82 Å². The summed E-state index contributed by atoms with van der Waals surface area (Å²) >= 11 is 0. The molecule has 0 atom stereocenters. The Kier molecular flexibility index (Phi) is 5.19. The normalized spacial score (nSPS) is 14.1. The molecular weight excluding hydrogens is 374 g/mol. The maximum absolute atomic E-state index is 12.5. The van der Waals surface area contributed by atoms with E-state index in [4.69, 9.17) is 4.74 Å². The largest absolute Gasteiger partial charge is 0.477 e. The molecule has 0 aliphatic carbocycles. The highest BCUT2D eigenvalue weighted by Gasteiger charge is 2.23. The van der Waals surface area contributed by atoms with Crippen LogP contribution in [0.3, 0.4) is 0 Å². The van der Waals surface area contributed by atoms with Gasteiger partial charge in [0, 0.05) is 32.2 Å². The zero-order chi connectivity index (χ0) is 20.2. The van der Waals surface area contributed by atoms with Crippen LogP contribution in [0.25, 0.3) is 11.0 Å². The highest BCUT2D eigenvalue weighted by atomic mass is 16.6. The van der Waals surface area contributed by atoms with Gasteiger partial charge < -0.3 is 14.5 Å². The number of para-hydroxylation sites is 4. The molecule has 0 unspecified atom stereocenters. The fourth-order valence-corrected chi connectivity index (χ4v) is 3.25. The van der Waals surface area contributed by atoms with Crippen LogP contribution in [0.5, 0.6) is 5.75 Å². The van der Waals surface area contributed by atoms with Gasteiger partial charge in [-0.2, -0.15) is 0 Å². The monoisotopic (exact) mass is 393 g/mol. The van der Waals surface area contributed by atoms with Crippen LogP contribution in [0.4, 0.5) is 11.5 Å². The summed E-state index contributed by atoms with van der Waals surface area (Å²) in [4.78, 5) is 35.8. The highest BCUT2D eigenvalue weighted by molar-refractivity contribution is 5.78. The van der Waals surface area contributed by atoms with Crippen molar-refractivity contribution in [2.24, 2.45) is 0 Å². The number of carbonyl (C=O) groups excluding carboxylic acids is 1. The molecule has 1 saturated heterocycles. The minimum Gasteiger partial charge on any atom is -0.477 e. The number of nitro groups is 1. The van der Waals surface area contributed by atoms with E-state index in [1.54, 1.807) is 23.2 Å². The lowest BCUT2D eigenvalue weighted by molar-refractivity contribution is -0.385. The third kappa shape index (κ3) is 4.08. The van der Waals surface area contributed by atoms with E-state index in [-0.39, 0.29) is 24.0 Å². The summed E-state index contributed by atoms with van der Waals surface area (Å²) in [5, 5.41) is 11.0. The molecule has 29 heavy (non-hydrogen) atoms. The standard InChI is InChI=1S/C20H19N5O4/c26-20(14-29-18-8-4-3-7-17(18)25(27)28)24-11-9-23(10-12-24)19-13-21-15-5-1-2-6-16(15)22-19/h1-8,13H,9-12,14H2. The van der Waals surface area contributed by atoms with Crippen LogP contribution in [0.15, 0.2) is 54.7 Å². The molecular formula is C20H19N5O4. The van der Waals surface area contributed by atoms with Gasteiger partial charge in [0.15, 0.2) is 12.4 Å². The number of piperazine rings is 1. The van der Waals surface area contributed by atoms with Crippen LogP contribution in [0.1, 0.15) is 0 Å². The molecule has 2 aromatic carbocycles. The second kappa shape index (κ2) is 8.09. The number of rotatable bonds is 5. The van der Waals surface area contributed by atoms with E-state index in [1.807, 2.05) is 24.3 Å². The Morgan fingerprint density at radius 3 is 2.48 bits per heavy atom. The van der Waals surface area contributed by atoms with Gasteiger partial charge in [-0.3, -0.25) is 19.9 Å². The van der Waals surface area contributed by atoms with E-state index >= 15 is 0 Å². The summed E-state index contributed by atoms with van der Waals surface area (Å²) in [6.45, 7) is 2.07. The number of aromatic nitrogens is 2. The van der Waals surface area contributed by atoms with Crippen molar-refractivity contribution in [2.45, 2.75) is 0 Å². The van der Waals surface area contributed by atoms with E-state index in [0.29, 0.717) is 26.2 Å². The van der Waals surface area contributed by atoms with Crippen molar-refractivity contribution in [1.82, 2.24) is 14.9 Å². The Morgan fingerprint density at radius 1 is 1.03 bits per heavy atom. The van der Waals surface area contributed by atoms with Crippen molar-refractivity contribution >= 4 is 28.4 Å². The van der Waals surface area contributed by atoms with E-state index in [2.05, 4.69) is 14.9 Å². The predicted molar refractivity (Wildman–Crippen MR) is 107 cm³/mol. The molecule has 1 amide bonds. The molecule has 0 bridgehead atoms. The first-order chi connectivity index (χ1) is 14.1. The summed E-state index contributed by atoms with van der Waals surface area (Å²) in [5.41, 5.74) is 1.53. The molecule has 1 aliphatic heterocycles. The number of amides is 1. The summed E-state index contributed by atoms with van der Waals surface area (Å²) in [7, 11) is 0. The third-order valence-corrected chi connectivity index (χ3v) is 4.81. The number of anilines is 1. The van der Waals surface area contributed by atoms with Crippen molar-refractivity contribution in [3.63, 3.8) is 0 Å². The lowest BCUT2D eigenvalue weighted by atomic mass is 10.3. The first-order valence-corrected chi connectivity index (χ1v) is 9.22. The first kappa shape index (κ1) is 18.6. The third-order valence-electron chi connectivity index (χ3n) is 4.81. The summed E-state index contributed by atoms with van der Waals surface area (Å²) in [5.74, 6) is 0.676. The maximum atomic E-state index is 12.5. The molecule has 9 nitrogen and oxygen atoms in total. The zero-order valence-corrected chi connectivity index (χ0v) is 15.6. The van der Waals surface area contributed by atoms with Gasteiger partial charge in [0.2, 0.25) is 0 Å². The molecule has 0 saturated carbocycles. The van der Waals surface area contributed by atoms with Gasteiger partial charge in [-0.15, -0.1) is 0 Å². The number of nitrogens with zero attached hydrogens (tertiary/aromatic N) is 5. The Morgan fingerprint density at radius 2 is 1.72 bits per heavy atom. The molecule has 1 aliphatic rings. The van der Waals surface area contributed by atoms with Gasteiger partial charge in [-0.25, -0.2) is 4.98 Å². The van der Waals surface area contributed by atoms with Crippen LogP contribution < -0.4 is 9.64 Å². The van der Waals surface area contributed by atoms with E-state index < -0.39 is 4.92 Å².